The van der Waals surface area contributed by atoms with Crippen molar-refractivity contribution in [2.24, 2.45) is 0 Å². The third-order valence-corrected chi connectivity index (χ3v) is 4.15. The Morgan fingerprint density at radius 3 is 3.00 bits per heavy atom. The Morgan fingerprint density at radius 2 is 2.36 bits per heavy atom. The molecular formula is C11H16N2S. The fourth-order valence-electron chi connectivity index (χ4n) is 2.56. The smallest absolute Gasteiger partial charge is 0.0360 e. The lowest BCUT2D eigenvalue weighted by Crippen LogP contribution is -2.56. The minimum Gasteiger partial charge on any atom is -0.314 e. The first-order chi connectivity index (χ1) is 6.95. The van der Waals surface area contributed by atoms with Gasteiger partial charge in [-0.25, -0.2) is 0 Å². The van der Waals surface area contributed by atoms with E-state index in [0.717, 1.165) is 6.04 Å². The third kappa shape index (κ3) is 1.40. The van der Waals surface area contributed by atoms with Crippen LogP contribution in [0, 0.1) is 0 Å². The predicted molar refractivity (Wildman–Crippen MR) is 59.7 cm³/mol. The highest BCUT2D eigenvalue weighted by molar-refractivity contribution is 7.07. The second kappa shape index (κ2) is 3.65. The van der Waals surface area contributed by atoms with Crippen LogP contribution in [0.4, 0.5) is 0 Å². The van der Waals surface area contributed by atoms with Crippen LogP contribution in [-0.2, 0) is 0 Å². The molecule has 0 spiro atoms. The van der Waals surface area contributed by atoms with Gasteiger partial charge in [0.05, 0.1) is 0 Å². The molecule has 76 valence electrons. The van der Waals surface area contributed by atoms with E-state index in [2.05, 4.69) is 27.0 Å². The summed E-state index contributed by atoms with van der Waals surface area (Å²) in [6.07, 6.45) is 2.73. The lowest BCUT2D eigenvalue weighted by molar-refractivity contribution is 0.132. The van der Waals surface area contributed by atoms with Gasteiger partial charge in [0, 0.05) is 25.2 Å². The van der Waals surface area contributed by atoms with Crippen LogP contribution in [-0.4, -0.2) is 30.6 Å². The van der Waals surface area contributed by atoms with Crippen LogP contribution in [0.2, 0.25) is 0 Å². The maximum atomic E-state index is 3.36. The van der Waals surface area contributed by atoms with Gasteiger partial charge in [-0.1, -0.05) is 0 Å². The van der Waals surface area contributed by atoms with Crippen molar-refractivity contribution in [3.05, 3.63) is 22.4 Å². The Morgan fingerprint density at radius 1 is 1.43 bits per heavy atom. The van der Waals surface area contributed by atoms with Gasteiger partial charge in [0.2, 0.25) is 0 Å². The van der Waals surface area contributed by atoms with Crippen molar-refractivity contribution in [2.75, 3.05) is 19.6 Å². The van der Waals surface area contributed by atoms with Crippen LogP contribution in [0.1, 0.15) is 24.4 Å². The highest BCUT2D eigenvalue weighted by Gasteiger charge is 2.34. The Labute approximate surface area is 88.9 Å². The molecule has 1 N–H and O–H groups in total. The van der Waals surface area contributed by atoms with Gasteiger partial charge >= 0.3 is 0 Å². The van der Waals surface area contributed by atoms with Crippen LogP contribution in [0.15, 0.2) is 16.8 Å². The van der Waals surface area contributed by atoms with E-state index in [1.54, 1.807) is 5.56 Å². The molecule has 1 aromatic heterocycles. The zero-order valence-electron chi connectivity index (χ0n) is 8.28. The Bertz CT molecular complexity index is 292. The first-order valence-corrected chi connectivity index (χ1v) is 6.38. The molecule has 1 atom stereocenters. The van der Waals surface area contributed by atoms with Crippen molar-refractivity contribution in [1.29, 1.82) is 0 Å². The lowest BCUT2D eigenvalue weighted by Gasteiger charge is -2.39. The van der Waals surface area contributed by atoms with Gasteiger partial charge in [-0.15, -0.1) is 0 Å². The maximum absolute atomic E-state index is 3.36. The summed E-state index contributed by atoms with van der Waals surface area (Å²) in [6, 6.07) is 3.82. The molecule has 3 rings (SSSR count). The largest absolute Gasteiger partial charge is 0.314 e. The quantitative estimate of drug-likeness (QED) is 0.798. The summed E-state index contributed by atoms with van der Waals surface area (Å²) >= 11 is 1.82. The predicted octanol–water partition coefficient (Wildman–Crippen LogP) is 1.86. The van der Waals surface area contributed by atoms with Crippen LogP contribution < -0.4 is 5.32 Å². The Balaban J connectivity index is 1.77. The summed E-state index contributed by atoms with van der Waals surface area (Å²) in [7, 11) is 0. The Kier molecular flexibility index (Phi) is 2.32. The molecule has 2 aliphatic heterocycles. The standard InChI is InChI=1S/C11H16N2S/c1-2-11(9-3-5-14-8-9)13(4-1)10-6-12-7-10/h3,5,8,10-12H,1-2,4,6-7H2. The average Bonchev–Trinajstić information content (AvgIpc) is 2.66. The Hall–Kier alpha value is -0.380. The minimum atomic E-state index is 0.716. The minimum absolute atomic E-state index is 0.716. The SMILES string of the molecule is c1cc(C2CCCN2C2CNC2)cs1. The molecule has 2 fully saturated rings. The van der Waals surface area contributed by atoms with E-state index in [1.807, 2.05) is 11.3 Å². The summed E-state index contributed by atoms with van der Waals surface area (Å²) in [5.41, 5.74) is 1.54. The zero-order chi connectivity index (χ0) is 9.38. The fraction of sp³-hybridized carbons (Fsp3) is 0.636. The van der Waals surface area contributed by atoms with E-state index in [9.17, 15) is 0 Å². The number of likely N-dealkylation sites (tertiary alicyclic amines) is 1. The van der Waals surface area contributed by atoms with Crippen molar-refractivity contribution in [2.45, 2.75) is 24.9 Å². The number of rotatable bonds is 2. The molecule has 0 saturated carbocycles. The van der Waals surface area contributed by atoms with Gasteiger partial charge in [-0.05, 0) is 41.8 Å². The molecular weight excluding hydrogens is 192 g/mol. The molecule has 3 heterocycles. The number of nitrogens with zero attached hydrogens (tertiary/aromatic N) is 1. The summed E-state index contributed by atoms with van der Waals surface area (Å²) in [5.74, 6) is 0. The molecule has 0 bridgehead atoms. The van der Waals surface area contributed by atoms with E-state index >= 15 is 0 Å². The molecule has 1 unspecified atom stereocenters. The summed E-state index contributed by atoms with van der Waals surface area (Å²) in [5, 5.41) is 7.88. The van der Waals surface area contributed by atoms with E-state index in [0.29, 0.717) is 6.04 Å². The van der Waals surface area contributed by atoms with Crippen molar-refractivity contribution in [3.8, 4) is 0 Å². The normalized spacial score (nSPS) is 29.3. The number of thiophene rings is 1. The third-order valence-electron chi connectivity index (χ3n) is 3.45. The zero-order valence-corrected chi connectivity index (χ0v) is 9.09. The van der Waals surface area contributed by atoms with E-state index < -0.39 is 0 Å². The first-order valence-electron chi connectivity index (χ1n) is 5.44. The number of nitrogens with one attached hydrogen (secondary N) is 1. The molecule has 2 nitrogen and oxygen atoms in total. The fourth-order valence-corrected chi connectivity index (χ4v) is 3.26. The molecule has 1 aromatic rings. The topological polar surface area (TPSA) is 15.3 Å². The highest BCUT2D eigenvalue weighted by Crippen LogP contribution is 2.35. The maximum Gasteiger partial charge on any atom is 0.0360 e. The van der Waals surface area contributed by atoms with Gasteiger partial charge < -0.3 is 5.32 Å². The van der Waals surface area contributed by atoms with E-state index in [-0.39, 0.29) is 0 Å². The molecule has 0 aliphatic carbocycles. The molecule has 0 amide bonds. The number of hydrogen-bond acceptors (Lipinski definition) is 3. The summed E-state index contributed by atoms with van der Waals surface area (Å²) in [6.45, 7) is 3.69. The van der Waals surface area contributed by atoms with Gasteiger partial charge in [0.1, 0.15) is 0 Å². The van der Waals surface area contributed by atoms with Crippen LogP contribution in [0.25, 0.3) is 0 Å². The van der Waals surface area contributed by atoms with Crippen LogP contribution >= 0.6 is 11.3 Å². The van der Waals surface area contributed by atoms with Crippen molar-refractivity contribution >= 4 is 11.3 Å². The highest BCUT2D eigenvalue weighted by atomic mass is 32.1. The molecule has 2 aliphatic rings. The average molecular weight is 208 g/mol. The monoisotopic (exact) mass is 208 g/mol. The van der Waals surface area contributed by atoms with Crippen molar-refractivity contribution in [1.82, 2.24) is 10.2 Å². The van der Waals surface area contributed by atoms with Crippen molar-refractivity contribution in [3.63, 3.8) is 0 Å². The molecule has 0 aromatic carbocycles. The van der Waals surface area contributed by atoms with Gasteiger partial charge in [-0.3, -0.25) is 4.90 Å². The van der Waals surface area contributed by atoms with E-state index in [4.69, 9.17) is 0 Å². The number of hydrogen-bond donors (Lipinski definition) is 1. The molecule has 0 radical (unpaired) electrons. The summed E-state index contributed by atoms with van der Waals surface area (Å²) in [4.78, 5) is 2.69. The van der Waals surface area contributed by atoms with E-state index in [1.165, 1.54) is 32.5 Å². The van der Waals surface area contributed by atoms with Crippen LogP contribution in [0.3, 0.4) is 0 Å². The van der Waals surface area contributed by atoms with Crippen molar-refractivity contribution < 1.29 is 0 Å². The summed E-state index contributed by atoms with van der Waals surface area (Å²) < 4.78 is 0. The molecule has 14 heavy (non-hydrogen) atoms. The second-order valence-corrected chi connectivity index (χ2v) is 5.04. The second-order valence-electron chi connectivity index (χ2n) is 4.26. The van der Waals surface area contributed by atoms with Gasteiger partial charge in [0.25, 0.3) is 0 Å². The first kappa shape index (κ1) is 8.89. The van der Waals surface area contributed by atoms with Gasteiger partial charge in [-0.2, -0.15) is 11.3 Å². The van der Waals surface area contributed by atoms with Gasteiger partial charge in [0.15, 0.2) is 0 Å². The lowest BCUT2D eigenvalue weighted by atomic mass is 10.0. The van der Waals surface area contributed by atoms with Crippen LogP contribution in [0.5, 0.6) is 0 Å². The molecule has 3 heteroatoms. The molecule has 2 saturated heterocycles.